The number of fused-ring (bicyclic) bond motifs is 1. The number of methoxy groups -OCH3 is 1. The number of hydrogen-bond acceptors (Lipinski definition) is 5. The highest BCUT2D eigenvalue weighted by molar-refractivity contribution is 7.98. The van der Waals surface area contributed by atoms with Crippen LogP contribution in [0.1, 0.15) is 21.5 Å². The molecule has 0 amide bonds. The quantitative estimate of drug-likeness (QED) is 0.629. The van der Waals surface area contributed by atoms with E-state index < -0.39 is 0 Å². The van der Waals surface area contributed by atoms with E-state index in [1.54, 1.807) is 12.1 Å². The number of esters is 1. The third-order valence-corrected chi connectivity index (χ3v) is 4.55. The summed E-state index contributed by atoms with van der Waals surface area (Å²) >= 11 is 1.44. The van der Waals surface area contributed by atoms with Gasteiger partial charge in [-0.3, -0.25) is 0 Å². The molecule has 6 heteroatoms. The lowest BCUT2D eigenvalue weighted by molar-refractivity contribution is -0.0171. The number of ether oxygens (including phenoxy) is 3. The summed E-state index contributed by atoms with van der Waals surface area (Å²) in [5.74, 6) is 0.433. The predicted octanol–water partition coefficient (Wildman–Crippen LogP) is 3.77. The van der Waals surface area contributed by atoms with Gasteiger partial charge in [0, 0.05) is 21.8 Å². The summed E-state index contributed by atoms with van der Waals surface area (Å²) < 4.78 is 29.2. The smallest absolute Gasteiger partial charge is 0.338 e. The zero-order chi connectivity index (χ0) is 16.2. The fourth-order valence-corrected chi connectivity index (χ4v) is 3.40. The van der Waals surface area contributed by atoms with Crippen LogP contribution in [0.25, 0.3) is 0 Å². The van der Waals surface area contributed by atoms with E-state index in [0.717, 1.165) is 10.5 Å². The predicted molar refractivity (Wildman–Crippen MR) is 84.0 cm³/mol. The highest BCUT2D eigenvalue weighted by Crippen LogP contribution is 2.35. The van der Waals surface area contributed by atoms with Gasteiger partial charge >= 0.3 is 5.97 Å². The number of benzene rings is 2. The SMILES string of the molecule is COC(=O)c1ccccc1SCc1cc(F)cc2c1OCOC2. The lowest BCUT2D eigenvalue weighted by atomic mass is 10.1. The van der Waals surface area contributed by atoms with Gasteiger partial charge in [-0.2, -0.15) is 0 Å². The van der Waals surface area contributed by atoms with Crippen LogP contribution in [0, 0.1) is 5.82 Å². The Morgan fingerprint density at radius 3 is 3.00 bits per heavy atom. The molecule has 23 heavy (non-hydrogen) atoms. The lowest BCUT2D eigenvalue weighted by Crippen LogP contribution is -2.13. The normalized spacial score (nSPS) is 13.1. The van der Waals surface area contributed by atoms with Gasteiger partial charge in [-0.15, -0.1) is 11.8 Å². The number of carbonyl (C=O) groups is 1. The second kappa shape index (κ2) is 7.02. The monoisotopic (exact) mass is 334 g/mol. The van der Waals surface area contributed by atoms with Crippen LogP contribution in [-0.2, 0) is 21.8 Å². The Balaban J connectivity index is 1.85. The fraction of sp³-hybridized carbons (Fsp3) is 0.235. The van der Waals surface area contributed by atoms with E-state index in [9.17, 15) is 9.18 Å². The van der Waals surface area contributed by atoms with Crippen LogP contribution in [0.5, 0.6) is 5.75 Å². The molecule has 0 saturated carbocycles. The van der Waals surface area contributed by atoms with Crippen LogP contribution in [0.15, 0.2) is 41.3 Å². The van der Waals surface area contributed by atoms with Crippen LogP contribution in [0.3, 0.4) is 0 Å². The van der Waals surface area contributed by atoms with Crippen molar-refractivity contribution in [3.8, 4) is 5.75 Å². The maximum Gasteiger partial charge on any atom is 0.338 e. The van der Waals surface area contributed by atoms with Gasteiger partial charge in [-0.1, -0.05) is 12.1 Å². The first-order valence-corrected chi connectivity index (χ1v) is 7.99. The van der Waals surface area contributed by atoms with E-state index in [0.29, 0.717) is 29.2 Å². The molecular weight excluding hydrogens is 319 g/mol. The Morgan fingerprint density at radius 2 is 2.17 bits per heavy atom. The average molecular weight is 334 g/mol. The maximum atomic E-state index is 13.7. The maximum absolute atomic E-state index is 13.7. The molecule has 0 fully saturated rings. The van der Waals surface area contributed by atoms with Gasteiger partial charge in [0.25, 0.3) is 0 Å². The van der Waals surface area contributed by atoms with Crippen molar-refractivity contribution in [2.75, 3.05) is 13.9 Å². The van der Waals surface area contributed by atoms with Gasteiger partial charge in [0.2, 0.25) is 0 Å². The zero-order valence-electron chi connectivity index (χ0n) is 12.5. The standard InChI is InChI=1S/C17H15FO4S/c1-20-17(19)14-4-2-3-5-15(14)23-9-12-7-13(18)6-11-8-21-10-22-16(11)12/h2-7H,8-10H2,1H3. The van der Waals surface area contributed by atoms with E-state index in [4.69, 9.17) is 14.2 Å². The van der Waals surface area contributed by atoms with Crippen molar-refractivity contribution in [1.29, 1.82) is 0 Å². The summed E-state index contributed by atoms with van der Waals surface area (Å²) in [6.07, 6.45) is 0. The van der Waals surface area contributed by atoms with Crippen molar-refractivity contribution in [3.05, 3.63) is 58.9 Å². The van der Waals surface area contributed by atoms with Crippen LogP contribution in [-0.4, -0.2) is 19.9 Å². The molecule has 1 heterocycles. The molecular formula is C17H15FO4S. The molecule has 1 aliphatic rings. The molecule has 0 spiro atoms. The van der Waals surface area contributed by atoms with Gasteiger partial charge in [0.1, 0.15) is 11.6 Å². The number of hydrogen-bond donors (Lipinski definition) is 0. The van der Waals surface area contributed by atoms with E-state index in [2.05, 4.69) is 0 Å². The Hall–Kier alpha value is -2.05. The van der Waals surface area contributed by atoms with E-state index in [1.807, 2.05) is 12.1 Å². The minimum Gasteiger partial charge on any atom is -0.467 e. The fourth-order valence-electron chi connectivity index (χ4n) is 2.39. The number of carbonyl (C=O) groups excluding carboxylic acids is 1. The summed E-state index contributed by atoms with van der Waals surface area (Å²) in [5.41, 5.74) is 1.94. The average Bonchev–Trinajstić information content (AvgIpc) is 2.59. The number of halogens is 1. The van der Waals surface area contributed by atoms with Crippen LogP contribution in [0.2, 0.25) is 0 Å². The summed E-state index contributed by atoms with van der Waals surface area (Å²) in [4.78, 5) is 12.6. The third-order valence-electron chi connectivity index (χ3n) is 3.43. The van der Waals surface area contributed by atoms with Gasteiger partial charge in [0.05, 0.1) is 19.3 Å². The molecule has 0 saturated heterocycles. The van der Waals surface area contributed by atoms with Crippen molar-refractivity contribution in [2.45, 2.75) is 17.3 Å². The molecule has 2 aromatic carbocycles. The van der Waals surface area contributed by atoms with Gasteiger partial charge in [-0.25, -0.2) is 9.18 Å². The molecule has 2 aromatic rings. The highest BCUT2D eigenvalue weighted by atomic mass is 32.2. The van der Waals surface area contributed by atoms with Crippen LogP contribution in [0.4, 0.5) is 4.39 Å². The van der Waals surface area contributed by atoms with Crippen molar-refractivity contribution >= 4 is 17.7 Å². The first kappa shape index (κ1) is 15.8. The largest absolute Gasteiger partial charge is 0.467 e. The molecule has 4 nitrogen and oxygen atoms in total. The zero-order valence-corrected chi connectivity index (χ0v) is 13.3. The molecule has 120 valence electrons. The van der Waals surface area contributed by atoms with Crippen molar-refractivity contribution in [3.63, 3.8) is 0 Å². The van der Waals surface area contributed by atoms with E-state index >= 15 is 0 Å². The molecule has 0 unspecified atom stereocenters. The molecule has 3 rings (SSSR count). The highest BCUT2D eigenvalue weighted by Gasteiger charge is 2.18. The van der Waals surface area contributed by atoms with Crippen LogP contribution < -0.4 is 4.74 Å². The molecule has 1 aliphatic heterocycles. The Morgan fingerprint density at radius 1 is 1.35 bits per heavy atom. The number of rotatable bonds is 4. The summed E-state index contributed by atoms with van der Waals surface area (Å²) in [5, 5.41) is 0. The van der Waals surface area contributed by atoms with E-state index in [-0.39, 0.29) is 18.6 Å². The lowest BCUT2D eigenvalue weighted by Gasteiger charge is -2.20. The molecule has 0 atom stereocenters. The topological polar surface area (TPSA) is 44.8 Å². The minimum atomic E-state index is -0.390. The Kier molecular flexibility index (Phi) is 4.83. The van der Waals surface area contributed by atoms with Crippen molar-refractivity contribution < 1.29 is 23.4 Å². The molecule has 0 aromatic heterocycles. The van der Waals surface area contributed by atoms with Gasteiger partial charge in [0.15, 0.2) is 6.79 Å². The van der Waals surface area contributed by atoms with Gasteiger partial charge < -0.3 is 14.2 Å². The Labute approximate surface area is 137 Å². The summed E-state index contributed by atoms with van der Waals surface area (Å²) in [6.45, 7) is 0.499. The summed E-state index contributed by atoms with van der Waals surface area (Å²) in [7, 11) is 1.35. The Bertz CT molecular complexity index is 733. The summed E-state index contributed by atoms with van der Waals surface area (Å²) in [6, 6.07) is 10.1. The second-order valence-corrected chi connectivity index (χ2v) is 5.96. The van der Waals surface area contributed by atoms with Crippen LogP contribution >= 0.6 is 11.8 Å². The molecule has 0 aliphatic carbocycles. The van der Waals surface area contributed by atoms with E-state index in [1.165, 1.54) is 31.0 Å². The molecule has 0 bridgehead atoms. The third kappa shape index (κ3) is 3.48. The second-order valence-electron chi connectivity index (χ2n) is 4.94. The molecule has 0 N–H and O–H groups in total. The van der Waals surface area contributed by atoms with Crippen molar-refractivity contribution in [2.24, 2.45) is 0 Å². The van der Waals surface area contributed by atoms with Crippen molar-refractivity contribution in [1.82, 2.24) is 0 Å². The minimum absolute atomic E-state index is 0.162. The first-order valence-electron chi connectivity index (χ1n) is 7.01. The first-order chi connectivity index (χ1) is 11.2. The number of thioether (sulfide) groups is 1. The molecule has 0 radical (unpaired) electrons. The van der Waals surface area contributed by atoms with Gasteiger partial charge in [-0.05, 0) is 24.3 Å².